The van der Waals surface area contributed by atoms with Gasteiger partial charge in [-0.3, -0.25) is 9.59 Å². The highest BCUT2D eigenvalue weighted by atomic mass is 19.1. The molecule has 0 spiro atoms. The van der Waals surface area contributed by atoms with Crippen LogP contribution < -0.4 is 5.32 Å². The third-order valence-corrected chi connectivity index (χ3v) is 5.52. The zero-order valence-corrected chi connectivity index (χ0v) is 14.1. The molecule has 1 unspecified atom stereocenters. The number of likely N-dealkylation sites (tertiary alicyclic amines) is 1. The fraction of sp³-hybridized carbons (Fsp3) is 0.474. The van der Waals surface area contributed by atoms with E-state index in [4.69, 9.17) is 0 Å². The first-order valence-electron chi connectivity index (χ1n) is 8.94. The molecule has 4 rings (SSSR count). The van der Waals surface area contributed by atoms with Crippen LogP contribution >= 0.6 is 0 Å². The van der Waals surface area contributed by atoms with E-state index in [0.29, 0.717) is 32.0 Å². The lowest BCUT2D eigenvalue weighted by Gasteiger charge is -2.35. The highest BCUT2D eigenvalue weighted by Gasteiger charge is 2.32. The number of fused-ring (bicyclic) bond motifs is 1. The quantitative estimate of drug-likeness (QED) is 0.880. The molecular formula is C19H22FN3O2. The van der Waals surface area contributed by atoms with Gasteiger partial charge in [0.15, 0.2) is 0 Å². The molecule has 1 aromatic heterocycles. The maximum Gasteiger partial charge on any atom is 0.226 e. The van der Waals surface area contributed by atoms with Crippen molar-refractivity contribution in [1.82, 2.24) is 15.2 Å². The van der Waals surface area contributed by atoms with Gasteiger partial charge >= 0.3 is 0 Å². The van der Waals surface area contributed by atoms with Crippen molar-refractivity contribution in [2.45, 2.75) is 31.6 Å². The number of carbonyl (C=O) groups excluding carboxylic acids is 2. The van der Waals surface area contributed by atoms with Crippen LogP contribution in [0, 0.1) is 11.7 Å². The summed E-state index contributed by atoms with van der Waals surface area (Å²) in [6, 6.07) is 4.81. The Morgan fingerprint density at radius 2 is 2.00 bits per heavy atom. The topological polar surface area (TPSA) is 65.2 Å². The molecule has 132 valence electrons. The number of nitrogens with one attached hydrogen (secondary N) is 2. The maximum absolute atomic E-state index is 13.6. The molecule has 0 saturated carbocycles. The number of aromatic amines is 1. The standard InChI is InChI=1S/C19H22FN3O2/c20-14-1-2-17-15(10-14)16(11-22-17)12-4-7-23(8-5-12)19(25)13-3-6-21-18(24)9-13/h1-2,10-13,22H,3-9H2,(H,21,24). The molecule has 1 atom stereocenters. The SMILES string of the molecule is O=C1CC(C(=O)N2CCC(c3c[nH]c4ccc(F)cc34)CC2)CCN1. The molecule has 2 fully saturated rings. The first-order valence-corrected chi connectivity index (χ1v) is 8.94. The summed E-state index contributed by atoms with van der Waals surface area (Å²) in [5.74, 6) is 0.0110. The number of hydrogen-bond acceptors (Lipinski definition) is 2. The van der Waals surface area contributed by atoms with Crippen molar-refractivity contribution in [3.8, 4) is 0 Å². The number of benzene rings is 1. The Morgan fingerprint density at radius 1 is 1.20 bits per heavy atom. The molecule has 2 aromatic rings. The summed E-state index contributed by atoms with van der Waals surface area (Å²) in [4.78, 5) is 29.3. The van der Waals surface area contributed by atoms with Gasteiger partial charge in [-0.15, -0.1) is 0 Å². The van der Waals surface area contributed by atoms with Gasteiger partial charge in [0.25, 0.3) is 0 Å². The number of halogens is 1. The first-order chi connectivity index (χ1) is 12.1. The van der Waals surface area contributed by atoms with Gasteiger partial charge in [0, 0.05) is 49.1 Å². The van der Waals surface area contributed by atoms with Crippen LogP contribution in [0.1, 0.15) is 37.2 Å². The van der Waals surface area contributed by atoms with E-state index in [1.54, 1.807) is 12.1 Å². The monoisotopic (exact) mass is 343 g/mol. The van der Waals surface area contributed by atoms with Crippen LogP contribution in [-0.2, 0) is 9.59 Å². The van der Waals surface area contributed by atoms with Crippen LogP contribution in [0.25, 0.3) is 10.9 Å². The van der Waals surface area contributed by atoms with E-state index in [1.165, 1.54) is 6.07 Å². The van der Waals surface area contributed by atoms with E-state index in [1.807, 2.05) is 11.1 Å². The number of rotatable bonds is 2. The number of carbonyl (C=O) groups is 2. The van der Waals surface area contributed by atoms with Gasteiger partial charge in [-0.25, -0.2) is 4.39 Å². The van der Waals surface area contributed by atoms with Gasteiger partial charge in [0.05, 0.1) is 0 Å². The molecule has 25 heavy (non-hydrogen) atoms. The maximum atomic E-state index is 13.6. The van der Waals surface area contributed by atoms with Crippen molar-refractivity contribution in [3.05, 3.63) is 35.8 Å². The van der Waals surface area contributed by atoms with Gasteiger partial charge in [-0.1, -0.05) is 0 Å². The lowest BCUT2D eigenvalue weighted by Crippen LogP contribution is -2.45. The van der Waals surface area contributed by atoms with Crippen molar-refractivity contribution in [1.29, 1.82) is 0 Å². The molecule has 6 heteroatoms. The van der Waals surface area contributed by atoms with Gasteiger partial charge in [-0.05, 0) is 48.9 Å². The molecular weight excluding hydrogens is 321 g/mol. The zero-order chi connectivity index (χ0) is 17.4. The Kier molecular flexibility index (Phi) is 4.19. The van der Waals surface area contributed by atoms with E-state index in [9.17, 15) is 14.0 Å². The molecule has 2 aliphatic rings. The van der Waals surface area contributed by atoms with E-state index in [2.05, 4.69) is 10.3 Å². The Morgan fingerprint density at radius 3 is 2.76 bits per heavy atom. The number of H-pyrrole nitrogens is 1. The second kappa shape index (κ2) is 6.50. The average Bonchev–Trinajstić information content (AvgIpc) is 3.04. The van der Waals surface area contributed by atoms with E-state index >= 15 is 0 Å². The smallest absolute Gasteiger partial charge is 0.226 e. The molecule has 0 aliphatic carbocycles. The Bertz CT molecular complexity index is 808. The molecule has 2 amide bonds. The molecule has 3 heterocycles. The number of nitrogens with zero attached hydrogens (tertiary/aromatic N) is 1. The molecule has 0 radical (unpaired) electrons. The molecule has 2 aliphatic heterocycles. The summed E-state index contributed by atoms with van der Waals surface area (Å²) in [6.07, 6.45) is 4.74. The van der Waals surface area contributed by atoms with E-state index < -0.39 is 0 Å². The van der Waals surface area contributed by atoms with E-state index in [-0.39, 0.29) is 23.5 Å². The minimum atomic E-state index is -0.225. The van der Waals surface area contributed by atoms with Gasteiger partial charge in [0.2, 0.25) is 11.8 Å². The Hall–Kier alpha value is -2.37. The van der Waals surface area contributed by atoms with Gasteiger partial charge < -0.3 is 15.2 Å². The van der Waals surface area contributed by atoms with Crippen molar-refractivity contribution < 1.29 is 14.0 Å². The van der Waals surface area contributed by atoms with Crippen LogP contribution in [0.2, 0.25) is 0 Å². The third-order valence-electron chi connectivity index (χ3n) is 5.52. The summed E-state index contributed by atoms with van der Waals surface area (Å²) in [5, 5.41) is 3.71. The molecule has 5 nitrogen and oxygen atoms in total. The number of piperidine rings is 2. The van der Waals surface area contributed by atoms with Crippen molar-refractivity contribution in [2.24, 2.45) is 5.92 Å². The number of aromatic nitrogens is 1. The minimum absolute atomic E-state index is 0.0275. The second-order valence-corrected chi connectivity index (χ2v) is 7.07. The van der Waals surface area contributed by atoms with Crippen molar-refractivity contribution in [3.63, 3.8) is 0 Å². The number of amides is 2. The lowest BCUT2D eigenvalue weighted by atomic mass is 9.88. The molecule has 2 saturated heterocycles. The molecule has 1 aromatic carbocycles. The van der Waals surface area contributed by atoms with Crippen molar-refractivity contribution in [2.75, 3.05) is 19.6 Å². The fourth-order valence-electron chi connectivity index (χ4n) is 4.12. The normalized spacial score (nSPS) is 22.2. The third kappa shape index (κ3) is 3.13. The highest BCUT2D eigenvalue weighted by Crippen LogP contribution is 2.34. The first kappa shape index (κ1) is 16.1. The summed E-state index contributed by atoms with van der Waals surface area (Å²) in [5.41, 5.74) is 2.08. The zero-order valence-electron chi connectivity index (χ0n) is 14.1. The average molecular weight is 343 g/mol. The summed E-state index contributed by atoms with van der Waals surface area (Å²) >= 11 is 0. The summed E-state index contributed by atoms with van der Waals surface area (Å²) < 4.78 is 13.6. The predicted molar refractivity (Wildman–Crippen MR) is 92.5 cm³/mol. The van der Waals surface area contributed by atoms with Crippen LogP contribution in [0.3, 0.4) is 0 Å². The Balaban J connectivity index is 1.43. The van der Waals surface area contributed by atoms with Gasteiger partial charge in [0.1, 0.15) is 5.82 Å². The van der Waals surface area contributed by atoms with Gasteiger partial charge in [-0.2, -0.15) is 0 Å². The lowest BCUT2D eigenvalue weighted by molar-refractivity contribution is -0.141. The fourth-order valence-corrected chi connectivity index (χ4v) is 4.12. The van der Waals surface area contributed by atoms with Crippen LogP contribution in [0.15, 0.2) is 24.4 Å². The van der Waals surface area contributed by atoms with Crippen LogP contribution in [0.5, 0.6) is 0 Å². The van der Waals surface area contributed by atoms with Crippen LogP contribution in [-0.4, -0.2) is 41.3 Å². The second-order valence-electron chi connectivity index (χ2n) is 7.07. The number of hydrogen-bond donors (Lipinski definition) is 2. The summed E-state index contributed by atoms with van der Waals surface area (Å²) in [7, 11) is 0. The molecule has 0 bridgehead atoms. The van der Waals surface area contributed by atoms with E-state index in [0.717, 1.165) is 35.7 Å². The van der Waals surface area contributed by atoms with Crippen molar-refractivity contribution >= 4 is 22.7 Å². The summed E-state index contributed by atoms with van der Waals surface area (Å²) in [6.45, 7) is 1.99. The Labute approximate surface area is 145 Å². The molecule has 2 N–H and O–H groups in total. The highest BCUT2D eigenvalue weighted by molar-refractivity contribution is 5.87. The predicted octanol–water partition coefficient (Wildman–Crippen LogP) is 2.54. The largest absolute Gasteiger partial charge is 0.361 e. The van der Waals surface area contributed by atoms with Crippen LogP contribution in [0.4, 0.5) is 4.39 Å². The minimum Gasteiger partial charge on any atom is -0.361 e.